The Morgan fingerprint density at radius 2 is 1.19 bits per heavy atom. The van der Waals surface area contributed by atoms with Crippen LogP contribution in [0.25, 0.3) is 0 Å². The number of anilines is 2. The molecule has 2 amide bonds. The lowest BCUT2D eigenvalue weighted by atomic mass is 10.2. The molecule has 12 heteroatoms. The molecule has 3 aromatic rings. The van der Waals surface area contributed by atoms with Crippen LogP contribution in [0.2, 0.25) is 0 Å². The Bertz CT molecular complexity index is 1220. The maximum absolute atomic E-state index is 12.5. The van der Waals surface area contributed by atoms with Gasteiger partial charge < -0.3 is 20.6 Å². The number of carbonyl (C=O) groups excluding carboxylic acids is 2. The molecule has 36 heavy (non-hydrogen) atoms. The van der Waals surface area contributed by atoms with Crippen molar-refractivity contribution in [3.63, 3.8) is 0 Å². The molecule has 0 aliphatic heterocycles. The zero-order valence-corrected chi connectivity index (χ0v) is 21.7. The third-order valence-corrected chi connectivity index (χ3v) is 6.46. The van der Waals surface area contributed by atoms with Gasteiger partial charge in [0.1, 0.15) is 0 Å². The van der Waals surface area contributed by atoms with Gasteiger partial charge in [0, 0.05) is 23.5 Å². The van der Waals surface area contributed by atoms with Gasteiger partial charge >= 0.3 is 0 Å². The zero-order chi connectivity index (χ0) is 25.9. The fourth-order valence-electron chi connectivity index (χ4n) is 3.21. The van der Waals surface area contributed by atoms with E-state index in [2.05, 4.69) is 30.6 Å². The molecule has 0 spiro atoms. The van der Waals surface area contributed by atoms with Gasteiger partial charge in [0.25, 0.3) is 11.1 Å². The first-order chi connectivity index (χ1) is 17.4. The smallest absolute Gasteiger partial charge is 0.251 e. The Balaban J connectivity index is 1.57. The fraction of sp³-hybridized carbons (Fsp3) is 0.333. The van der Waals surface area contributed by atoms with Crippen molar-refractivity contribution >= 4 is 46.7 Å². The first kappa shape index (κ1) is 27.2. The van der Waals surface area contributed by atoms with E-state index in [-0.39, 0.29) is 34.4 Å². The molecule has 10 nitrogen and oxygen atoms in total. The van der Waals surface area contributed by atoms with Gasteiger partial charge in [-0.1, -0.05) is 62.3 Å². The van der Waals surface area contributed by atoms with Gasteiger partial charge in [-0.15, -0.1) is 0 Å². The number of H-pyrrole nitrogens is 2. The van der Waals surface area contributed by atoms with Crippen molar-refractivity contribution < 1.29 is 9.59 Å². The van der Waals surface area contributed by atoms with Crippen LogP contribution in [0, 0.1) is 0 Å². The highest BCUT2D eigenvalue weighted by molar-refractivity contribution is 8.00. The Labute approximate surface area is 216 Å². The molecule has 0 bridgehead atoms. The van der Waals surface area contributed by atoms with Crippen molar-refractivity contribution in [2.24, 2.45) is 0 Å². The number of thioether (sulfide) groups is 2. The van der Waals surface area contributed by atoms with E-state index in [0.29, 0.717) is 45.9 Å². The number of benzene rings is 1. The van der Waals surface area contributed by atoms with Gasteiger partial charge in [0.05, 0.1) is 22.9 Å². The summed E-state index contributed by atoms with van der Waals surface area (Å²) in [4.78, 5) is 62.7. The number of hydrogen-bond acceptors (Lipinski definition) is 8. The normalized spacial score (nSPS) is 10.7. The van der Waals surface area contributed by atoms with Crippen LogP contribution < -0.4 is 21.8 Å². The lowest BCUT2D eigenvalue weighted by molar-refractivity contribution is -0.114. The molecular weight excluding hydrogens is 500 g/mol. The average molecular weight is 529 g/mol. The van der Waals surface area contributed by atoms with Crippen molar-refractivity contribution in [1.29, 1.82) is 0 Å². The molecule has 2 heterocycles. The molecule has 3 rings (SSSR count). The molecule has 190 valence electrons. The summed E-state index contributed by atoms with van der Waals surface area (Å²) in [7, 11) is 0. The topological polar surface area (TPSA) is 150 Å². The van der Waals surface area contributed by atoms with Crippen LogP contribution in [0.5, 0.6) is 0 Å². The van der Waals surface area contributed by atoms with E-state index in [1.54, 1.807) is 24.3 Å². The lowest BCUT2D eigenvalue weighted by Crippen LogP contribution is -2.19. The Kier molecular flexibility index (Phi) is 10.3. The first-order valence-electron chi connectivity index (χ1n) is 11.5. The summed E-state index contributed by atoms with van der Waals surface area (Å²) in [5, 5.41) is 6.33. The van der Waals surface area contributed by atoms with Crippen LogP contribution >= 0.6 is 23.5 Å². The summed E-state index contributed by atoms with van der Waals surface area (Å²) in [6.45, 7) is 4.00. The van der Waals surface area contributed by atoms with Crippen molar-refractivity contribution in [1.82, 2.24) is 19.9 Å². The van der Waals surface area contributed by atoms with Gasteiger partial charge in [-0.25, -0.2) is 9.97 Å². The van der Waals surface area contributed by atoms with Crippen LogP contribution in [0.4, 0.5) is 11.4 Å². The SMILES string of the molecule is CCCc1cc(=O)[nH]c(SCC(=O)Nc2ccccc2NC(=O)CSc2nc(CCC)cc(=O)[nH]2)n1. The van der Waals surface area contributed by atoms with Gasteiger partial charge in [0.15, 0.2) is 10.3 Å². The minimum atomic E-state index is -0.311. The van der Waals surface area contributed by atoms with E-state index < -0.39 is 0 Å². The second kappa shape index (κ2) is 13.6. The van der Waals surface area contributed by atoms with Crippen molar-refractivity contribution in [3.05, 3.63) is 68.5 Å². The third kappa shape index (κ3) is 8.68. The van der Waals surface area contributed by atoms with Crippen molar-refractivity contribution in [3.8, 4) is 0 Å². The van der Waals surface area contributed by atoms with Crippen LogP contribution in [0.1, 0.15) is 38.1 Å². The van der Waals surface area contributed by atoms with Gasteiger partial charge in [0.2, 0.25) is 11.8 Å². The predicted molar refractivity (Wildman–Crippen MR) is 143 cm³/mol. The van der Waals surface area contributed by atoms with E-state index in [1.807, 2.05) is 13.8 Å². The highest BCUT2D eigenvalue weighted by Gasteiger charge is 2.12. The summed E-state index contributed by atoms with van der Waals surface area (Å²) in [6, 6.07) is 9.77. The quantitative estimate of drug-likeness (QED) is 0.207. The van der Waals surface area contributed by atoms with Gasteiger partial charge in [-0.05, 0) is 25.0 Å². The second-order valence-electron chi connectivity index (χ2n) is 7.80. The van der Waals surface area contributed by atoms with Gasteiger partial charge in [-0.3, -0.25) is 19.2 Å². The van der Waals surface area contributed by atoms with E-state index >= 15 is 0 Å². The molecule has 0 aliphatic rings. The average Bonchev–Trinajstić information content (AvgIpc) is 2.82. The van der Waals surface area contributed by atoms with E-state index in [4.69, 9.17) is 0 Å². The van der Waals surface area contributed by atoms with Crippen molar-refractivity contribution in [2.75, 3.05) is 22.1 Å². The number of nitrogens with one attached hydrogen (secondary N) is 4. The Morgan fingerprint density at radius 1 is 0.778 bits per heavy atom. The molecule has 0 saturated carbocycles. The summed E-state index contributed by atoms with van der Waals surface area (Å²) < 4.78 is 0. The Hall–Kier alpha value is -3.38. The minimum Gasteiger partial charge on any atom is -0.324 e. The summed E-state index contributed by atoms with van der Waals surface area (Å²) in [5.74, 6) is -0.559. The molecule has 0 unspecified atom stereocenters. The second-order valence-corrected chi connectivity index (χ2v) is 9.73. The molecule has 2 aromatic heterocycles. The van der Waals surface area contributed by atoms with E-state index in [0.717, 1.165) is 36.4 Å². The van der Waals surface area contributed by atoms with Crippen molar-refractivity contribution in [2.45, 2.75) is 49.8 Å². The maximum Gasteiger partial charge on any atom is 0.251 e. The third-order valence-electron chi connectivity index (χ3n) is 4.71. The molecule has 0 fully saturated rings. The standard InChI is InChI=1S/C24H28N6O4S2/c1-3-7-15-11-19(31)29-23(25-15)35-13-21(33)27-17-9-5-6-10-18(17)28-22(34)14-36-24-26-16(8-4-2)12-20(32)30-24/h5-6,9-12H,3-4,7-8,13-14H2,1-2H3,(H,27,33)(H,28,34)(H,25,29,31)(H,26,30,32). The number of aryl methyl sites for hydroxylation is 2. The lowest BCUT2D eigenvalue weighted by Gasteiger charge is -2.12. The summed E-state index contributed by atoms with van der Waals surface area (Å²) in [6.07, 6.45) is 3.10. The first-order valence-corrected chi connectivity index (χ1v) is 13.5. The number of aromatic amines is 2. The van der Waals surface area contributed by atoms with E-state index in [1.165, 1.54) is 12.1 Å². The number of carbonyl (C=O) groups is 2. The summed E-state index contributed by atoms with van der Waals surface area (Å²) in [5.41, 5.74) is 1.76. The number of aromatic nitrogens is 4. The Morgan fingerprint density at radius 3 is 1.58 bits per heavy atom. The van der Waals surface area contributed by atoms with Crippen LogP contribution in [-0.4, -0.2) is 43.3 Å². The number of amides is 2. The molecule has 0 saturated heterocycles. The van der Waals surface area contributed by atoms with Crippen LogP contribution in [0.3, 0.4) is 0 Å². The molecule has 0 atom stereocenters. The number of hydrogen-bond donors (Lipinski definition) is 4. The molecule has 0 radical (unpaired) electrons. The molecule has 1 aromatic carbocycles. The monoisotopic (exact) mass is 528 g/mol. The molecular formula is C24H28N6O4S2. The van der Waals surface area contributed by atoms with Gasteiger partial charge in [-0.2, -0.15) is 0 Å². The largest absolute Gasteiger partial charge is 0.324 e. The minimum absolute atomic E-state index is 0.0315. The van der Waals surface area contributed by atoms with Crippen LogP contribution in [0.15, 0.2) is 56.3 Å². The fourth-order valence-corrected chi connectivity index (χ4v) is 4.60. The van der Waals surface area contributed by atoms with Crippen LogP contribution in [-0.2, 0) is 22.4 Å². The predicted octanol–water partition coefficient (Wildman–Crippen LogP) is 3.22. The maximum atomic E-state index is 12.5. The molecule has 4 N–H and O–H groups in total. The highest BCUT2D eigenvalue weighted by atomic mass is 32.2. The number of para-hydroxylation sites is 2. The summed E-state index contributed by atoms with van der Waals surface area (Å²) >= 11 is 2.26. The number of nitrogens with zero attached hydrogens (tertiary/aromatic N) is 2. The molecule has 0 aliphatic carbocycles. The highest BCUT2D eigenvalue weighted by Crippen LogP contribution is 2.23. The van der Waals surface area contributed by atoms with E-state index in [9.17, 15) is 19.2 Å². The number of rotatable bonds is 12. The zero-order valence-electron chi connectivity index (χ0n) is 20.1.